The Balaban J connectivity index is 1.97. The molecule has 1 saturated carbocycles. The van der Waals surface area contributed by atoms with Crippen LogP contribution in [0.4, 0.5) is 0 Å². The van der Waals surface area contributed by atoms with E-state index in [1.54, 1.807) is 30.3 Å². The molecule has 5 nitrogen and oxygen atoms in total. The molecule has 6 heteroatoms. The Labute approximate surface area is 131 Å². The van der Waals surface area contributed by atoms with Crippen molar-refractivity contribution in [2.45, 2.75) is 44.6 Å². The summed E-state index contributed by atoms with van der Waals surface area (Å²) in [5.74, 6) is -0.744. The molecule has 0 amide bonds. The highest BCUT2D eigenvalue weighted by molar-refractivity contribution is 7.89. The number of rotatable bonds is 7. The number of nitrogens with one attached hydrogen (secondary N) is 1. The summed E-state index contributed by atoms with van der Waals surface area (Å²) in [7, 11) is -3.60. The fourth-order valence-corrected chi connectivity index (χ4v) is 4.30. The highest BCUT2D eigenvalue weighted by Gasteiger charge is 2.26. The van der Waals surface area contributed by atoms with Crippen molar-refractivity contribution in [2.24, 2.45) is 5.92 Å². The summed E-state index contributed by atoms with van der Waals surface area (Å²) in [5, 5.41) is 9.28. The molecule has 22 heavy (non-hydrogen) atoms. The zero-order valence-electron chi connectivity index (χ0n) is 12.6. The molecular formula is C16H23NO4S. The van der Waals surface area contributed by atoms with Gasteiger partial charge < -0.3 is 5.11 Å². The van der Waals surface area contributed by atoms with Gasteiger partial charge in [0.25, 0.3) is 0 Å². The van der Waals surface area contributed by atoms with Crippen LogP contribution in [0.1, 0.15) is 50.1 Å². The van der Waals surface area contributed by atoms with Gasteiger partial charge in [0.2, 0.25) is 10.0 Å². The van der Waals surface area contributed by atoms with Crippen molar-refractivity contribution in [3.63, 3.8) is 0 Å². The van der Waals surface area contributed by atoms with E-state index in [1.807, 2.05) is 0 Å². The smallest absolute Gasteiger partial charge is 0.326 e. The van der Waals surface area contributed by atoms with Crippen LogP contribution in [0.25, 0.3) is 0 Å². The molecule has 1 aromatic rings. The SMILES string of the molecule is O=C(O)[C@H](NS(=O)(=O)CCC1CCCCC1)c1ccccc1. The van der Waals surface area contributed by atoms with Crippen molar-refractivity contribution >= 4 is 16.0 Å². The number of hydrogen-bond acceptors (Lipinski definition) is 3. The third-order valence-electron chi connectivity index (χ3n) is 4.20. The maximum Gasteiger partial charge on any atom is 0.326 e. The molecule has 122 valence electrons. The summed E-state index contributed by atoms with van der Waals surface area (Å²) in [6.45, 7) is 0. The van der Waals surface area contributed by atoms with Crippen molar-refractivity contribution < 1.29 is 18.3 Å². The average molecular weight is 325 g/mol. The summed E-state index contributed by atoms with van der Waals surface area (Å²) < 4.78 is 26.7. The molecule has 0 unspecified atom stereocenters. The van der Waals surface area contributed by atoms with Crippen LogP contribution in [-0.2, 0) is 14.8 Å². The van der Waals surface area contributed by atoms with Crippen LogP contribution < -0.4 is 4.72 Å². The molecule has 1 atom stereocenters. The van der Waals surface area contributed by atoms with Crippen LogP contribution in [0, 0.1) is 5.92 Å². The van der Waals surface area contributed by atoms with Gasteiger partial charge in [0.15, 0.2) is 0 Å². The van der Waals surface area contributed by atoms with Gasteiger partial charge in [-0.05, 0) is 17.9 Å². The zero-order valence-corrected chi connectivity index (χ0v) is 13.4. The molecule has 0 spiro atoms. The fourth-order valence-electron chi connectivity index (χ4n) is 2.94. The number of aliphatic carboxylic acids is 1. The summed E-state index contributed by atoms with van der Waals surface area (Å²) in [6, 6.07) is 7.16. The molecular weight excluding hydrogens is 302 g/mol. The molecule has 1 aliphatic carbocycles. The number of carboxylic acids is 1. The second-order valence-electron chi connectivity index (χ2n) is 5.91. The molecule has 0 radical (unpaired) electrons. The monoisotopic (exact) mass is 325 g/mol. The first-order chi connectivity index (χ1) is 10.5. The first kappa shape index (κ1) is 17.0. The highest BCUT2D eigenvalue weighted by atomic mass is 32.2. The van der Waals surface area contributed by atoms with Crippen LogP contribution in [-0.4, -0.2) is 25.2 Å². The number of carbonyl (C=O) groups is 1. The Morgan fingerprint density at radius 2 is 1.82 bits per heavy atom. The Kier molecular flexibility index (Phi) is 5.97. The Morgan fingerprint density at radius 3 is 2.41 bits per heavy atom. The van der Waals surface area contributed by atoms with E-state index in [0.29, 0.717) is 17.9 Å². The average Bonchev–Trinajstić information content (AvgIpc) is 2.52. The second kappa shape index (κ2) is 7.74. The van der Waals surface area contributed by atoms with Crippen LogP contribution in [0.15, 0.2) is 30.3 Å². The van der Waals surface area contributed by atoms with Crippen molar-refractivity contribution in [3.05, 3.63) is 35.9 Å². The van der Waals surface area contributed by atoms with Crippen LogP contribution in [0.2, 0.25) is 0 Å². The zero-order chi connectivity index (χ0) is 16.0. The largest absolute Gasteiger partial charge is 0.480 e. The molecule has 1 aliphatic rings. The first-order valence-corrected chi connectivity index (χ1v) is 9.41. The minimum absolute atomic E-state index is 0.00567. The molecule has 1 aromatic carbocycles. The molecule has 0 bridgehead atoms. The molecule has 0 aromatic heterocycles. The predicted octanol–water partition coefficient (Wildman–Crippen LogP) is 2.70. The summed E-state index contributed by atoms with van der Waals surface area (Å²) in [5.41, 5.74) is 0.441. The van der Waals surface area contributed by atoms with Gasteiger partial charge in [-0.25, -0.2) is 8.42 Å². The lowest BCUT2D eigenvalue weighted by molar-refractivity contribution is -0.139. The maximum absolute atomic E-state index is 12.2. The van der Waals surface area contributed by atoms with Gasteiger partial charge in [0, 0.05) is 0 Å². The Morgan fingerprint density at radius 1 is 1.18 bits per heavy atom. The van der Waals surface area contributed by atoms with Gasteiger partial charge in [0.1, 0.15) is 6.04 Å². The fraction of sp³-hybridized carbons (Fsp3) is 0.562. The summed E-state index contributed by atoms with van der Waals surface area (Å²) in [6.07, 6.45) is 6.33. The van der Waals surface area contributed by atoms with Crippen LogP contribution in [0.3, 0.4) is 0 Å². The molecule has 1 fully saturated rings. The van der Waals surface area contributed by atoms with Crippen LogP contribution in [0.5, 0.6) is 0 Å². The molecule has 0 aliphatic heterocycles. The number of carboxylic acid groups (broad SMARTS) is 1. The van der Waals surface area contributed by atoms with Crippen molar-refractivity contribution in [1.82, 2.24) is 4.72 Å². The first-order valence-electron chi connectivity index (χ1n) is 7.76. The molecule has 2 rings (SSSR count). The number of benzene rings is 1. The second-order valence-corrected chi connectivity index (χ2v) is 7.78. The van der Waals surface area contributed by atoms with E-state index in [2.05, 4.69) is 4.72 Å². The molecule has 0 heterocycles. The number of hydrogen-bond donors (Lipinski definition) is 2. The Bertz CT molecular complexity index is 579. The van der Waals surface area contributed by atoms with Gasteiger partial charge in [0.05, 0.1) is 5.75 Å². The summed E-state index contributed by atoms with van der Waals surface area (Å²) >= 11 is 0. The van der Waals surface area contributed by atoms with Crippen molar-refractivity contribution in [3.8, 4) is 0 Å². The third kappa shape index (κ3) is 5.10. The predicted molar refractivity (Wildman–Crippen MR) is 84.9 cm³/mol. The third-order valence-corrected chi connectivity index (χ3v) is 5.56. The standard InChI is InChI=1S/C16H23NO4S/c18-16(19)15(14-9-5-2-6-10-14)17-22(20,21)12-11-13-7-3-1-4-8-13/h2,5-6,9-10,13,15,17H,1,3-4,7-8,11-12H2,(H,18,19)/t15-/m1/s1. The lowest BCUT2D eigenvalue weighted by Gasteiger charge is -2.22. The summed E-state index contributed by atoms with van der Waals surface area (Å²) in [4.78, 5) is 11.4. The minimum Gasteiger partial charge on any atom is -0.480 e. The lowest BCUT2D eigenvalue weighted by atomic mass is 9.88. The van der Waals surface area contributed by atoms with Gasteiger partial charge in [-0.15, -0.1) is 0 Å². The van der Waals surface area contributed by atoms with Crippen LogP contribution >= 0.6 is 0 Å². The number of sulfonamides is 1. The Hall–Kier alpha value is -1.40. The van der Waals surface area contributed by atoms with E-state index in [9.17, 15) is 18.3 Å². The highest BCUT2D eigenvalue weighted by Crippen LogP contribution is 2.26. The topological polar surface area (TPSA) is 83.5 Å². The van der Waals surface area contributed by atoms with E-state index < -0.39 is 22.0 Å². The van der Waals surface area contributed by atoms with Gasteiger partial charge >= 0.3 is 5.97 Å². The van der Waals surface area contributed by atoms with Crippen molar-refractivity contribution in [2.75, 3.05) is 5.75 Å². The minimum atomic E-state index is -3.60. The maximum atomic E-state index is 12.2. The van der Waals surface area contributed by atoms with Crippen molar-refractivity contribution in [1.29, 1.82) is 0 Å². The molecule has 2 N–H and O–H groups in total. The molecule has 0 saturated heterocycles. The van der Waals surface area contributed by atoms with Gasteiger partial charge in [-0.1, -0.05) is 62.4 Å². The van der Waals surface area contributed by atoms with E-state index >= 15 is 0 Å². The lowest BCUT2D eigenvalue weighted by Crippen LogP contribution is -2.35. The normalized spacial score (nSPS) is 18.0. The van der Waals surface area contributed by atoms with E-state index in [-0.39, 0.29) is 5.75 Å². The van der Waals surface area contributed by atoms with Gasteiger partial charge in [-0.2, -0.15) is 4.72 Å². The van der Waals surface area contributed by atoms with E-state index in [4.69, 9.17) is 0 Å². The van der Waals surface area contributed by atoms with E-state index in [1.165, 1.54) is 19.3 Å². The quantitative estimate of drug-likeness (QED) is 0.807. The van der Waals surface area contributed by atoms with E-state index in [0.717, 1.165) is 12.8 Å². The van der Waals surface area contributed by atoms with Gasteiger partial charge in [-0.3, -0.25) is 4.79 Å².